The molecule has 0 heterocycles. The first-order valence-electron chi connectivity index (χ1n) is 5.53. The Hall–Kier alpha value is -1.60. The van der Waals surface area contributed by atoms with Crippen molar-refractivity contribution in [3.8, 4) is 0 Å². The van der Waals surface area contributed by atoms with Gasteiger partial charge in [0.1, 0.15) is 0 Å². The SMILES string of the molecule is Cc1cc(C)c(NC(=O)N[C@@H](CO)C(=O)O)c(Br)c1. The highest BCUT2D eigenvalue weighted by atomic mass is 79.9. The number of anilines is 1. The van der Waals surface area contributed by atoms with Gasteiger partial charge in [-0.2, -0.15) is 0 Å². The van der Waals surface area contributed by atoms with Crippen molar-refractivity contribution >= 4 is 33.6 Å². The number of aryl methyl sites for hydroxylation is 2. The smallest absolute Gasteiger partial charge is 0.328 e. The van der Waals surface area contributed by atoms with Crippen molar-refractivity contribution in [2.24, 2.45) is 0 Å². The number of aliphatic carboxylic acids is 1. The van der Waals surface area contributed by atoms with E-state index in [-0.39, 0.29) is 0 Å². The summed E-state index contributed by atoms with van der Waals surface area (Å²) in [5.41, 5.74) is 2.44. The van der Waals surface area contributed by atoms with Crippen LogP contribution in [-0.4, -0.2) is 34.9 Å². The molecule has 0 aliphatic heterocycles. The summed E-state index contributed by atoms with van der Waals surface area (Å²) in [6.07, 6.45) is 0. The topological polar surface area (TPSA) is 98.7 Å². The number of urea groups is 1. The molecule has 0 spiro atoms. The molecule has 0 unspecified atom stereocenters. The first kappa shape index (κ1) is 15.5. The van der Waals surface area contributed by atoms with E-state index in [2.05, 4.69) is 26.6 Å². The third-order valence-corrected chi connectivity index (χ3v) is 3.08. The van der Waals surface area contributed by atoms with Crippen LogP contribution in [0.3, 0.4) is 0 Å². The number of carboxylic acids is 1. The largest absolute Gasteiger partial charge is 0.480 e. The van der Waals surface area contributed by atoms with E-state index in [0.29, 0.717) is 10.2 Å². The highest BCUT2D eigenvalue weighted by Crippen LogP contribution is 2.27. The van der Waals surface area contributed by atoms with E-state index >= 15 is 0 Å². The lowest BCUT2D eigenvalue weighted by atomic mass is 10.1. The minimum absolute atomic E-state index is 0.560. The van der Waals surface area contributed by atoms with Gasteiger partial charge in [-0.3, -0.25) is 0 Å². The number of aliphatic hydroxyl groups excluding tert-OH is 1. The zero-order valence-electron chi connectivity index (χ0n) is 10.5. The van der Waals surface area contributed by atoms with Gasteiger partial charge in [0, 0.05) is 4.47 Å². The maximum absolute atomic E-state index is 11.7. The van der Waals surface area contributed by atoms with Gasteiger partial charge in [-0.25, -0.2) is 9.59 Å². The van der Waals surface area contributed by atoms with Crippen molar-refractivity contribution in [3.05, 3.63) is 27.7 Å². The number of carbonyl (C=O) groups excluding carboxylic acids is 1. The zero-order chi connectivity index (χ0) is 14.6. The summed E-state index contributed by atoms with van der Waals surface area (Å²) >= 11 is 3.33. The van der Waals surface area contributed by atoms with Crippen LogP contribution in [0.4, 0.5) is 10.5 Å². The van der Waals surface area contributed by atoms with Gasteiger partial charge in [0.05, 0.1) is 12.3 Å². The van der Waals surface area contributed by atoms with Gasteiger partial charge in [-0.15, -0.1) is 0 Å². The summed E-state index contributed by atoms with van der Waals surface area (Å²) in [7, 11) is 0. The first-order valence-corrected chi connectivity index (χ1v) is 6.32. The van der Waals surface area contributed by atoms with Crippen LogP contribution >= 0.6 is 15.9 Å². The van der Waals surface area contributed by atoms with Crippen molar-refractivity contribution < 1.29 is 19.8 Å². The Morgan fingerprint density at radius 3 is 2.47 bits per heavy atom. The molecule has 1 aromatic carbocycles. The molecule has 104 valence electrons. The van der Waals surface area contributed by atoms with Gasteiger partial charge in [-0.1, -0.05) is 6.07 Å². The fourth-order valence-electron chi connectivity index (χ4n) is 1.57. The Bertz CT molecular complexity index is 481. The molecule has 1 rings (SSSR count). The van der Waals surface area contributed by atoms with E-state index in [1.165, 1.54) is 0 Å². The minimum Gasteiger partial charge on any atom is -0.480 e. The van der Waals surface area contributed by atoms with Gasteiger partial charge < -0.3 is 20.8 Å². The molecule has 0 saturated carbocycles. The van der Waals surface area contributed by atoms with E-state index in [9.17, 15) is 9.59 Å². The Kier molecular flexibility index (Phi) is 5.31. The Balaban J connectivity index is 2.80. The molecule has 0 bridgehead atoms. The van der Waals surface area contributed by atoms with Crippen LogP contribution < -0.4 is 10.6 Å². The summed E-state index contributed by atoms with van der Waals surface area (Å²) in [6.45, 7) is 3.08. The van der Waals surface area contributed by atoms with Crippen molar-refractivity contribution in [1.82, 2.24) is 5.32 Å². The van der Waals surface area contributed by atoms with Gasteiger partial charge in [0.2, 0.25) is 0 Å². The van der Waals surface area contributed by atoms with Crippen LogP contribution in [0, 0.1) is 13.8 Å². The average molecular weight is 331 g/mol. The number of rotatable bonds is 4. The Morgan fingerprint density at radius 1 is 1.37 bits per heavy atom. The second-order valence-corrected chi connectivity index (χ2v) is 4.96. The highest BCUT2D eigenvalue weighted by molar-refractivity contribution is 9.10. The van der Waals surface area contributed by atoms with Crippen LogP contribution in [-0.2, 0) is 4.79 Å². The van der Waals surface area contributed by atoms with Gasteiger partial charge in [0.25, 0.3) is 0 Å². The molecule has 19 heavy (non-hydrogen) atoms. The molecular weight excluding hydrogens is 316 g/mol. The first-order chi connectivity index (χ1) is 8.85. The molecule has 6 nitrogen and oxygen atoms in total. The summed E-state index contributed by atoms with van der Waals surface area (Å²) < 4.78 is 0.705. The van der Waals surface area contributed by atoms with Gasteiger partial charge in [-0.05, 0) is 47.0 Å². The number of hydrogen-bond acceptors (Lipinski definition) is 3. The number of carbonyl (C=O) groups is 2. The predicted octanol–water partition coefficient (Wildman–Crippen LogP) is 1.63. The van der Waals surface area contributed by atoms with E-state index in [1.807, 2.05) is 26.0 Å². The number of nitrogens with one attached hydrogen (secondary N) is 2. The lowest BCUT2D eigenvalue weighted by Gasteiger charge is -2.15. The average Bonchev–Trinajstić information content (AvgIpc) is 2.30. The van der Waals surface area contributed by atoms with E-state index in [0.717, 1.165) is 11.1 Å². The van der Waals surface area contributed by atoms with Crippen LogP contribution in [0.25, 0.3) is 0 Å². The van der Waals surface area contributed by atoms with Crippen LogP contribution in [0.2, 0.25) is 0 Å². The van der Waals surface area contributed by atoms with E-state index < -0.39 is 24.6 Å². The molecule has 0 fully saturated rings. The number of amides is 2. The van der Waals surface area contributed by atoms with E-state index in [4.69, 9.17) is 10.2 Å². The molecule has 0 aliphatic rings. The molecule has 1 atom stereocenters. The molecular formula is C12H15BrN2O4. The van der Waals surface area contributed by atoms with Crippen molar-refractivity contribution in [3.63, 3.8) is 0 Å². The molecule has 4 N–H and O–H groups in total. The molecule has 7 heteroatoms. The molecule has 0 aliphatic carbocycles. The van der Waals surface area contributed by atoms with Crippen molar-refractivity contribution in [1.29, 1.82) is 0 Å². The van der Waals surface area contributed by atoms with E-state index in [1.54, 1.807) is 0 Å². The maximum atomic E-state index is 11.7. The zero-order valence-corrected chi connectivity index (χ0v) is 12.1. The molecule has 2 amide bonds. The third kappa shape index (κ3) is 4.22. The molecule has 0 saturated heterocycles. The second kappa shape index (κ2) is 6.53. The molecule has 1 aromatic rings. The quantitative estimate of drug-likeness (QED) is 0.674. The summed E-state index contributed by atoms with van der Waals surface area (Å²) in [4.78, 5) is 22.3. The highest BCUT2D eigenvalue weighted by Gasteiger charge is 2.19. The lowest BCUT2D eigenvalue weighted by molar-refractivity contribution is -0.140. The predicted molar refractivity (Wildman–Crippen MR) is 74.3 cm³/mol. The van der Waals surface area contributed by atoms with Gasteiger partial charge >= 0.3 is 12.0 Å². The number of carboxylic acid groups (broad SMARTS) is 1. The Morgan fingerprint density at radius 2 is 2.00 bits per heavy atom. The fraction of sp³-hybridized carbons (Fsp3) is 0.333. The fourth-order valence-corrected chi connectivity index (χ4v) is 2.34. The second-order valence-electron chi connectivity index (χ2n) is 4.11. The summed E-state index contributed by atoms with van der Waals surface area (Å²) in [5.74, 6) is -1.29. The van der Waals surface area contributed by atoms with Crippen molar-refractivity contribution in [2.75, 3.05) is 11.9 Å². The standard InChI is InChI=1S/C12H15BrN2O4/c1-6-3-7(2)10(8(13)4-6)15-12(19)14-9(5-16)11(17)18/h3-4,9,16H,5H2,1-2H3,(H,17,18)(H2,14,15,19)/t9-/m0/s1. The van der Waals surface area contributed by atoms with Crippen LogP contribution in [0.5, 0.6) is 0 Å². The maximum Gasteiger partial charge on any atom is 0.328 e. The van der Waals surface area contributed by atoms with Crippen LogP contribution in [0.1, 0.15) is 11.1 Å². The summed E-state index contributed by atoms with van der Waals surface area (Å²) in [5, 5.41) is 22.3. The van der Waals surface area contributed by atoms with Crippen molar-refractivity contribution in [2.45, 2.75) is 19.9 Å². The molecule has 0 aromatic heterocycles. The van der Waals surface area contributed by atoms with Crippen LogP contribution in [0.15, 0.2) is 16.6 Å². The molecule has 0 radical (unpaired) electrons. The Labute approximate surface area is 118 Å². The number of benzene rings is 1. The number of aliphatic hydroxyl groups is 1. The third-order valence-electron chi connectivity index (χ3n) is 2.46. The normalized spacial score (nSPS) is 11.8. The number of halogens is 1. The number of hydrogen-bond donors (Lipinski definition) is 4. The van der Waals surface area contributed by atoms with Gasteiger partial charge in [0.15, 0.2) is 6.04 Å². The monoisotopic (exact) mass is 330 g/mol. The minimum atomic E-state index is -1.33. The summed E-state index contributed by atoms with van der Waals surface area (Å²) in [6, 6.07) is 1.71. The lowest BCUT2D eigenvalue weighted by Crippen LogP contribution is -2.45.